The van der Waals surface area contributed by atoms with E-state index in [1.54, 1.807) is 0 Å². The highest BCUT2D eigenvalue weighted by Crippen LogP contribution is 2.29. The first-order valence-corrected chi connectivity index (χ1v) is 6.99. The number of hydrogen-bond donors (Lipinski definition) is 2. The molecule has 7 nitrogen and oxygen atoms in total. The third-order valence-corrected chi connectivity index (χ3v) is 4.11. The number of urea groups is 1. The Morgan fingerprint density at radius 3 is 2.55 bits per heavy atom. The molecule has 2 aliphatic rings. The number of nitrogens with one attached hydrogen (secondary N) is 1. The van der Waals surface area contributed by atoms with Crippen molar-refractivity contribution in [1.82, 2.24) is 15.1 Å². The van der Waals surface area contributed by atoms with Gasteiger partial charge in [-0.05, 0) is 32.7 Å². The first-order chi connectivity index (χ1) is 9.44. The molecule has 0 saturated carbocycles. The van der Waals surface area contributed by atoms with Crippen LogP contribution in [0.25, 0.3) is 0 Å². The van der Waals surface area contributed by atoms with E-state index in [0.29, 0.717) is 32.2 Å². The van der Waals surface area contributed by atoms with Crippen molar-refractivity contribution in [3.05, 3.63) is 0 Å². The molecule has 0 unspecified atom stereocenters. The molecule has 3 amide bonds. The minimum atomic E-state index is -0.853. The van der Waals surface area contributed by atoms with E-state index >= 15 is 0 Å². The largest absolute Gasteiger partial charge is 0.481 e. The highest BCUT2D eigenvalue weighted by molar-refractivity contribution is 6.07. The smallest absolute Gasteiger partial charge is 0.325 e. The number of imide groups is 1. The number of likely N-dealkylation sites (tertiary alicyclic amines) is 1. The number of hydrogen-bond acceptors (Lipinski definition) is 4. The normalized spacial score (nSPS) is 22.4. The summed E-state index contributed by atoms with van der Waals surface area (Å²) in [6.07, 6.45) is 2.35. The lowest BCUT2D eigenvalue weighted by Gasteiger charge is -2.35. The van der Waals surface area contributed by atoms with Crippen LogP contribution in [0.2, 0.25) is 0 Å². The fourth-order valence-corrected chi connectivity index (χ4v) is 2.76. The van der Waals surface area contributed by atoms with Crippen LogP contribution in [0.1, 0.15) is 32.1 Å². The summed E-state index contributed by atoms with van der Waals surface area (Å²) in [4.78, 5) is 38.2. The van der Waals surface area contributed by atoms with Crippen LogP contribution in [-0.4, -0.2) is 65.0 Å². The molecule has 2 fully saturated rings. The van der Waals surface area contributed by atoms with Crippen molar-refractivity contribution >= 4 is 17.9 Å². The Morgan fingerprint density at radius 1 is 1.30 bits per heavy atom. The molecule has 0 aromatic heterocycles. The van der Waals surface area contributed by atoms with Crippen molar-refractivity contribution in [3.8, 4) is 0 Å². The molecule has 0 aromatic rings. The predicted molar refractivity (Wildman–Crippen MR) is 71.2 cm³/mol. The summed E-state index contributed by atoms with van der Waals surface area (Å²) < 4.78 is 0. The number of aliphatic carboxylic acids is 1. The first kappa shape index (κ1) is 14.8. The Kier molecular flexibility index (Phi) is 4.27. The van der Waals surface area contributed by atoms with Gasteiger partial charge in [-0.15, -0.1) is 0 Å². The molecule has 1 spiro atoms. The molecule has 0 aliphatic carbocycles. The van der Waals surface area contributed by atoms with E-state index in [0.717, 1.165) is 13.1 Å². The Hall–Kier alpha value is -1.63. The van der Waals surface area contributed by atoms with Crippen molar-refractivity contribution in [2.75, 3.05) is 26.7 Å². The molecule has 2 rings (SSSR count). The number of piperidine rings is 1. The van der Waals surface area contributed by atoms with Gasteiger partial charge in [0.1, 0.15) is 5.54 Å². The number of carboxylic acid groups (broad SMARTS) is 1. The maximum atomic E-state index is 12.4. The third kappa shape index (κ3) is 2.92. The molecule has 112 valence electrons. The Balaban J connectivity index is 1.90. The summed E-state index contributed by atoms with van der Waals surface area (Å²) in [6.45, 7) is 1.88. The molecule has 2 heterocycles. The molecule has 2 N–H and O–H groups in total. The zero-order valence-electron chi connectivity index (χ0n) is 11.7. The standard InChI is InChI=1S/C13H21N3O4/c1-15-8-5-13(6-9-15)11(19)16(12(20)14-13)7-3-2-4-10(17)18/h2-9H2,1H3,(H,14,20)(H,17,18). The quantitative estimate of drug-likeness (QED) is 0.558. The lowest BCUT2D eigenvalue weighted by Crippen LogP contribution is -2.54. The van der Waals surface area contributed by atoms with Crippen LogP contribution < -0.4 is 5.32 Å². The van der Waals surface area contributed by atoms with Gasteiger partial charge in [0.05, 0.1) is 0 Å². The zero-order chi connectivity index (χ0) is 14.8. The van der Waals surface area contributed by atoms with Crippen LogP contribution >= 0.6 is 0 Å². The number of unbranched alkanes of at least 4 members (excludes halogenated alkanes) is 1. The maximum Gasteiger partial charge on any atom is 0.325 e. The summed E-state index contributed by atoms with van der Waals surface area (Å²) >= 11 is 0. The fraction of sp³-hybridized carbons (Fsp3) is 0.769. The highest BCUT2D eigenvalue weighted by Gasteiger charge is 2.51. The summed E-state index contributed by atoms with van der Waals surface area (Å²) in [6, 6.07) is -0.338. The minimum absolute atomic E-state index is 0.0690. The zero-order valence-corrected chi connectivity index (χ0v) is 11.7. The van der Waals surface area contributed by atoms with Crippen LogP contribution in [0.5, 0.6) is 0 Å². The third-order valence-electron chi connectivity index (χ3n) is 4.11. The van der Waals surface area contributed by atoms with E-state index in [1.807, 2.05) is 7.05 Å². The van der Waals surface area contributed by atoms with E-state index in [1.165, 1.54) is 4.90 Å². The number of nitrogens with zero attached hydrogens (tertiary/aromatic N) is 2. The molecule has 0 atom stereocenters. The van der Waals surface area contributed by atoms with E-state index in [2.05, 4.69) is 10.2 Å². The van der Waals surface area contributed by atoms with Crippen LogP contribution in [0, 0.1) is 0 Å². The summed E-state index contributed by atoms with van der Waals surface area (Å²) in [7, 11) is 2.00. The topological polar surface area (TPSA) is 90.0 Å². The van der Waals surface area contributed by atoms with E-state index < -0.39 is 11.5 Å². The SMILES string of the molecule is CN1CCC2(CC1)NC(=O)N(CCCCC(=O)O)C2=O. The molecule has 0 aromatic carbocycles. The van der Waals surface area contributed by atoms with Gasteiger partial charge in [-0.2, -0.15) is 0 Å². The molecule has 0 bridgehead atoms. The number of carboxylic acids is 1. The van der Waals surface area contributed by atoms with Gasteiger partial charge >= 0.3 is 12.0 Å². The Labute approximate surface area is 117 Å². The van der Waals surface area contributed by atoms with Crippen molar-refractivity contribution in [1.29, 1.82) is 0 Å². The molecule has 20 heavy (non-hydrogen) atoms. The van der Waals surface area contributed by atoms with E-state index in [-0.39, 0.29) is 18.4 Å². The maximum absolute atomic E-state index is 12.4. The predicted octanol–water partition coefficient (Wildman–Crippen LogP) is 0.258. The average molecular weight is 283 g/mol. The van der Waals surface area contributed by atoms with Gasteiger partial charge in [-0.25, -0.2) is 4.79 Å². The van der Waals surface area contributed by atoms with Crippen LogP contribution in [-0.2, 0) is 9.59 Å². The molecular formula is C13H21N3O4. The molecule has 2 aliphatic heterocycles. The van der Waals surface area contributed by atoms with Gasteiger partial charge in [0.15, 0.2) is 0 Å². The number of carbonyl (C=O) groups is 3. The second-order valence-corrected chi connectivity index (χ2v) is 5.62. The van der Waals surface area contributed by atoms with Crippen molar-refractivity contribution in [2.24, 2.45) is 0 Å². The van der Waals surface area contributed by atoms with Crippen molar-refractivity contribution in [3.63, 3.8) is 0 Å². The van der Waals surface area contributed by atoms with Crippen molar-refractivity contribution < 1.29 is 19.5 Å². The van der Waals surface area contributed by atoms with Gasteiger partial charge in [0, 0.05) is 26.1 Å². The number of carbonyl (C=O) groups excluding carboxylic acids is 2. The molecule has 2 saturated heterocycles. The van der Waals surface area contributed by atoms with Gasteiger partial charge in [-0.3, -0.25) is 14.5 Å². The fourth-order valence-electron chi connectivity index (χ4n) is 2.76. The van der Waals surface area contributed by atoms with E-state index in [9.17, 15) is 14.4 Å². The second kappa shape index (κ2) is 5.78. The summed E-state index contributed by atoms with van der Waals surface area (Å²) in [5, 5.41) is 11.4. The van der Waals surface area contributed by atoms with Crippen LogP contribution in [0.15, 0.2) is 0 Å². The van der Waals surface area contributed by atoms with Crippen LogP contribution in [0.3, 0.4) is 0 Å². The minimum Gasteiger partial charge on any atom is -0.481 e. The van der Waals surface area contributed by atoms with Crippen LogP contribution in [0.4, 0.5) is 4.79 Å². The van der Waals surface area contributed by atoms with Gasteiger partial charge < -0.3 is 15.3 Å². The highest BCUT2D eigenvalue weighted by atomic mass is 16.4. The Bertz CT molecular complexity index is 416. The van der Waals surface area contributed by atoms with E-state index in [4.69, 9.17) is 5.11 Å². The van der Waals surface area contributed by atoms with Gasteiger partial charge in [0.25, 0.3) is 5.91 Å². The molecule has 0 radical (unpaired) electrons. The monoisotopic (exact) mass is 283 g/mol. The summed E-state index contributed by atoms with van der Waals surface area (Å²) in [5.74, 6) is -1.00. The second-order valence-electron chi connectivity index (χ2n) is 5.62. The Morgan fingerprint density at radius 2 is 1.95 bits per heavy atom. The first-order valence-electron chi connectivity index (χ1n) is 6.99. The molecular weight excluding hydrogens is 262 g/mol. The summed E-state index contributed by atoms with van der Waals surface area (Å²) in [5.41, 5.74) is -0.726. The lowest BCUT2D eigenvalue weighted by molar-refractivity contribution is -0.137. The number of amides is 3. The van der Waals surface area contributed by atoms with Crippen molar-refractivity contribution in [2.45, 2.75) is 37.6 Å². The number of rotatable bonds is 5. The molecule has 7 heteroatoms. The average Bonchev–Trinajstić information content (AvgIpc) is 2.62. The van der Waals surface area contributed by atoms with Gasteiger partial charge in [-0.1, -0.05) is 0 Å². The van der Waals surface area contributed by atoms with Gasteiger partial charge in [0.2, 0.25) is 0 Å². The lowest BCUT2D eigenvalue weighted by atomic mass is 9.87.